The fourth-order valence-corrected chi connectivity index (χ4v) is 6.80. The molecule has 49 heavy (non-hydrogen) atoms. The Morgan fingerprint density at radius 1 is 0.510 bits per heavy atom. The zero-order valence-electron chi connectivity index (χ0n) is 25.9. The molecule has 0 fully saturated rings. The predicted octanol–water partition coefficient (Wildman–Crippen LogP) is 8.88. The summed E-state index contributed by atoms with van der Waals surface area (Å²) in [5.41, 5.74) is 6.88. The maximum Gasteiger partial charge on any atom is 0.310 e. The van der Waals surface area contributed by atoms with E-state index in [1.54, 1.807) is 4.40 Å². The second kappa shape index (κ2) is 10.5. The Kier molecular flexibility index (Phi) is 5.86. The van der Waals surface area contributed by atoms with Gasteiger partial charge in [0.2, 0.25) is 0 Å². The molecule has 0 spiro atoms. The highest BCUT2D eigenvalue weighted by Gasteiger charge is 2.21. The van der Waals surface area contributed by atoms with Crippen LogP contribution in [0.3, 0.4) is 0 Å². The molecule has 8 heteroatoms. The van der Waals surface area contributed by atoms with Crippen LogP contribution in [0.2, 0.25) is 0 Å². The molecule has 0 aliphatic carbocycles. The van der Waals surface area contributed by atoms with Crippen molar-refractivity contribution in [2.75, 3.05) is 0 Å². The van der Waals surface area contributed by atoms with Gasteiger partial charge in [0.1, 0.15) is 11.0 Å². The van der Waals surface area contributed by atoms with Crippen molar-refractivity contribution in [1.82, 2.24) is 28.9 Å². The SMILES string of the molecule is O=c1c2c(ccc3c4ccccc4n(-c4cccc(-c5nc(-c6ccccc6)nc(-c6ccccc6)n5)c4)c32)oc2nc3ccccc3n12. The number of nitrogens with zero attached hydrogens (tertiary/aromatic N) is 6. The second-order valence-corrected chi connectivity index (χ2v) is 11.9. The van der Waals surface area contributed by atoms with E-state index in [-0.39, 0.29) is 11.4 Å². The third-order valence-corrected chi connectivity index (χ3v) is 9.01. The van der Waals surface area contributed by atoms with Crippen LogP contribution in [0.1, 0.15) is 0 Å². The lowest BCUT2D eigenvalue weighted by molar-refractivity contribution is 0.617. The van der Waals surface area contributed by atoms with Gasteiger partial charge in [-0.3, -0.25) is 4.79 Å². The van der Waals surface area contributed by atoms with Gasteiger partial charge in [-0.2, -0.15) is 4.98 Å². The second-order valence-electron chi connectivity index (χ2n) is 11.9. The standard InChI is InChI=1S/C41H24N6O2/c48-40-35-34(49-41-42-31-19-8-10-21-33(31)47(40)41)23-22-30-29-18-7-9-20-32(29)46(36(30)35)28-17-11-16-27(24-28)39-44-37(25-12-3-1-4-13-25)43-38(45-39)26-14-5-2-6-15-26/h1-24H. The van der Waals surface area contributed by atoms with Gasteiger partial charge in [0, 0.05) is 33.2 Å². The van der Waals surface area contributed by atoms with E-state index in [4.69, 9.17) is 19.4 Å². The first-order valence-corrected chi connectivity index (χ1v) is 16.0. The quantitative estimate of drug-likeness (QED) is 0.193. The van der Waals surface area contributed by atoms with Gasteiger partial charge in [-0.1, -0.05) is 103 Å². The highest BCUT2D eigenvalue weighted by atomic mass is 16.4. The summed E-state index contributed by atoms with van der Waals surface area (Å²) in [6, 6.07) is 47.6. The summed E-state index contributed by atoms with van der Waals surface area (Å²) in [6.45, 7) is 0. The van der Waals surface area contributed by atoms with Gasteiger partial charge < -0.3 is 8.98 Å². The third kappa shape index (κ3) is 4.21. The predicted molar refractivity (Wildman–Crippen MR) is 193 cm³/mol. The van der Waals surface area contributed by atoms with Gasteiger partial charge in [0.25, 0.3) is 5.56 Å². The number of fused-ring (bicyclic) bond motifs is 8. The minimum atomic E-state index is -0.187. The first-order chi connectivity index (χ1) is 24.2. The smallest absolute Gasteiger partial charge is 0.310 e. The molecule has 0 saturated carbocycles. The lowest BCUT2D eigenvalue weighted by atomic mass is 10.1. The van der Waals surface area contributed by atoms with E-state index < -0.39 is 0 Å². The number of rotatable bonds is 4. The molecule has 230 valence electrons. The van der Waals surface area contributed by atoms with Gasteiger partial charge in [-0.05, 0) is 42.5 Å². The number of imidazole rings is 1. The Labute approximate surface area is 278 Å². The van der Waals surface area contributed by atoms with Gasteiger partial charge >= 0.3 is 5.84 Å². The van der Waals surface area contributed by atoms with Crippen LogP contribution in [0.25, 0.3) is 89.5 Å². The average Bonchev–Trinajstić information content (AvgIpc) is 3.71. The Morgan fingerprint density at radius 2 is 1.12 bits per heavy atom. The summed E-state index contributed by atoms with van der Waals surface area (Å²) in [5.74, 6) is 1.99. The lowest BCUT2D eigenvalue weighted by Crippen LogP contribution is -2.13. The van der Waals surface area contributed by atoms with E-state index in [9.17, 15) is 4.79 Å². The zero-order chi connectivity index (χ0) is 32.5. The van der Waals surface area contributed by atoms with Crippen LogP contribution in [0.15, 0.2) is 155 Å². The summed E-state index contributed by atoms with van der Waals surface area (Å²) in [6.07, 6.45) is 0. The topological polar surface area (TPSA) is 91.1 Å². The number of hydrogen-bond donors (Lipinski definition) is 0. The Hall–Kier alpha value is -6.93. The van der Waals surface area contributed by atoms with Gasteiger partial charge in [-0.15, -0.1) is 0 Å². The monoisotopic (exact) mass is 632 g/mol. The Bertz CT molecular complexity index is 2910. The highest BCUT2D eigenvalue weighted by molar-refractivity contribution is 6.17. The largest absolute Gasteiger partial charge is 0.424 e. The molecule has 0 atom stereocenters. The maximum atomic E-state index is 14.5. The molecular formula is C41H24N6O2. The molecule has 8 nitrogen and oxygen atoms in total. The summed E-state index contributed by atoms with van der Waals surface area (Å²) >= 11 is 0. The van der Waals surface area contributed by atoms with Crippen LogP contribution in [0.4, 0.5) is 0 Å². The normalized spacial score (nSPS) is 11.8. The number of aromatic nitrogens is 6. The fraction of sp³-hybridized carbons (Fsp3) is 0. The summed E-state index contributed by atoms with van der Waals surface area (Å²) in [7, 11) is 0. The number of benzene rings is 6. The molecule has 4 aromatic heterocycles. The molecule has 0 N–H and O–H groups in total. The Balaban J connectivity index is 1.25. The van der Waals surface area contributed by atoms with Crippen LogP contribution >= 0.6 is 0 Å². The molecule has 4 heterocycles. The molecule has 0 aliphatic rings. The minimum absolute atomic E-state index is 0.187. The molecule has 0 radical (unpaired) electrons. The van der Waals surface area contributed by atoms with Crippen LogP contribution < -0.4 is 5.56 Å². The molecule has 0 saturated heterocycles. The Morgan fingerprint density at radius 3 is 1.86 bits per heavy atom. The highest BCUT2D eigenvalue weighted by Crippen LogP contribution is 2.37. The summed E-state index contributed by atoms with van der Waals surface area (Å²) in [5, 5.41) is 2.45. The molecule has 6 aromatic carbocycles. The number of para-hydroxylation sites is 3. The molecule has 0 bridgehead atoms. The molecule has 0 amide bonds. The van der Waals surface area contributed by atoms with Crippen LogP contribution in [0, 0.1) is 0 Å². The summed E-state index contributed by atoms with van der Waals surface area (Å²) in [4.78, 5) is 33.9. The van der Waals surface area contributed by atoms with E-state index in [1.807, 2.05) is 127 Å². The van der Waals surface area contributed by atoms with Crippen molar-refractivity contribution >= 4 is 49.7 Å². The first kappa shape index (κ1) is 27.2. The van der Waals surface area contributed by atoms with E-state index in [0.29, 0.717) is 39.5 Å². The van der Waals surface area contributed by atoms with Gasteiger partial charge in [0.15, 0.2) is 17.5 Å². The van der Waals surface area contributed by atoms with Crippen molar-refractivity contribution in [3.8, 4) is 39.9 Å². The van der Waals surface area contributed by atoms with Crippen molar-refractivity contribution in [2.24, 2.45) is 0 Å². The van der Waals surface area contributed by atoms with E-state index >= 15 is 0 Å². The van der Waals surface area contributed by atoms with Crippen molar-refractivity contribution in [2.45, 2.75) is 0 Å². The van der Waals surface area contributed by atoms with Crippen LogP contribution in [-0.2, 0) is 0 Å². The number of hydrogen-bond acceptors (Lipinski definition) is 6. The van der Waals surface area contributed by atoms with Gasteiger partial charge in [-0.25, -0.2) is 19.4 Å². The van der Waals surface area contributed by atoms with Crippen LogP contribution in [0.5, 0.6) is 0 Å². The van der Waals surface area contributed by atoms with Crippen molar-refractivity contribution in [3.05, 3.63) is 156 Å². The van der Waals surface area contributed by atoms with Crippen LogP contribution in [-0.4, -0.2) is 28.9 Å². The third-order valence-electron chi connectivity index (χ3n) is 9.01. The van der Waals surface area contributed by atoms with Crippen molar-refractivity contribution < 1.29 is 4.42 Å². The minimum Gasteiger partial charge on any atom is -0.424 e. The maximum absolute atomic E-state index is 14.5. The van der Waals surface area contributed by atoms with E-state index in [0.717, 1.165) is 44.2 Å². The molecular weight excluding hydrogens is 608 g/mol. The first-order valence-electron chi connectivity index (χ1n) is 16.0. The van der Waals surface area contributed by atoms with E-state index in [1.165, 1.54) is 0 Å². The van der Waals surface area contributed by atoms with Gasteiger partial charge in [0.05, 0.1) is 22.1 Å². The molecule has 10 rings (SSSR count). The molecule has 10 aromatic rings. The van der Waals surface area contributed by atoms with Crippen molar-refractivity contribution in [1.29, 1.82) is 0 Å². The van der Waals surface area contributed by atoms with E-state index in [2.05, 4.69) is 27.8 Å². The molecule has 0 aliphatic heterocycles. The molecule has 0 unspecified atom stereocenters. The summed E-state index contributed by atoms with van der Waals surface area (Å²) < 4.78 is 10.0. The van der Waals surface area contributed by atoms with Crippen molar-refractivity contribution in [3.63, 3.8) is 0 Å². The average molecular weight is 633 g/mol. The fourth-order valence-electron chi connectivity index (χ4n) is 6.80. The lowest BCUT2D eigenvalue weighted by Gasteiger charge is -2.12. The zero-order valence-corrected chi connectivity index (χ0v) is 25.9.